The zero-order valence-electron chi connectivity index (χ0n) is 10.5. The van der Waals surface area contributed by atoms with Gasteiger partial charge in [-0.1, -0.05) is 30.3 Å². The summed E-state index contributed by atoms with van der Waals surface area (Å²) < 4.78 is 0. The summed E-state index contributed by atoms with van der Waals surface area (Å²) in [7, 11) is 0. The lowest BCUT2D eigenvalue weighted by molar-refractivity contribution is 0.0702. The molecule has 0 spiro atoms. The maximum atomic E-state index is 11.1. The van der Waals surface area contributed by atoms with Gasteiger partial charge in [0.1, 0.15) is 4.88 Å². The van der Waals surface area contributed by atoms with Crippen LogP contribution in [-0.2, 0) is 13.0 Å². The average Bonchev–Trinajstić information content (AvgIpc) is 2.85. The van der Waals surface area contributed by atoms with E-state index in [1.54, 1.807) is 0 Å². The highest BCUT2D eigenvalue weighted by Gasteiger charge is 2.22. The molecule has 2 aromatic rings. The van der Waals surface area contributed by atoms with Crippen LogP contribution in [0, 0.1) is 0 Å². The number of hydrogen-bond donors (Lipinski definition) is 1. The smallest absolute Gasteiger partial charge is 0.345 e. The van der Waals surface area contributed by atoms with Gasteiger partial charge < -0.3 is 10.0 Å². The molecule has 1 aliphatic rings. The molecule has 0 amide bonds. The summed E-state index contributed by atoms with van der Waals surface area (Å²) in [5.74, 6) is -0.820. The Bertz CT molecular complexity index is 591. The molecule has 1 aromatic heterocycles. The van der Waals surface area contributed by atoms with E-state index < -0.39 is 5.97 Å². The fraction of sp³-hybridized carbons (Fsp3) is 0.267. The zero-order chi connectivity index (χ0) is 13.2. The van der Waals surface area contributed by atoms with E-state index in [0.29, 0.717) is 4.88 Å². The SMILES string of the molecule is O=C(O)c1cc2c(s1)N(Cc1ccccc1)CCC2. The van der Waals surface area contributed by atoms with Gasteiger partial charge in [0, 0.05) is 13.1 Å². The Hall–Kier alpha value is -1.81. The van der Waals surface area contributed by atoms with E-state index in [9.17, 15) is 4.79 Å². The molecule has 4 heteroatoms. The number of nitrogens with zero attached hydrogens (tertiary/aromatic N) is 1. The van der Waals surface area contributed by atoms with Crippen molar-refractivity contribution in [3.05, 3.63) is 52.4 Å². The van der Waals surface area contributed by atoms with Crippen LogP contribution in [0.15, 0.2) is 36.4 Å². The van der Waals surface area contributed by atoms with Gasteiger partial charge in [-0.05, 0) is 30.0 Å². The highest BCUT2D eigenvalue weighted by molar-refractivity contribution is 7.18. The first-order valence-corrected chi connectivity index (χ1v) is 7.20. The molecule has 19 heavy (non-hydrogen) atoms. The number of thiophene rings is 1. The maximum absolute atomic E-state index is 11.1. The Balaban J connectivity index is 1.88. The third kappa shape index (κ3) is 2.49. The van der Waals surface area contributed by atoms with Crippen LogP contribution >= 0.6 is 11.3 Å². The Morgan fingerprint density at radius 3 is 2.84 bits per heavy atom. The molecular formula is C15H15NO2S. The third-order valence-electron chi connectivity index (χ3n) is 3.38. The Morgan fingerprint density at radius 2 is 2.11 bits per heavy atom. The largest absolute Gasteiger partial charge is 0.477 e. The number of rotatable bonds is 3. The van der Waals surface area contributed by atoms with Gasteiger partial charge in [0.2, 0.25) is 0 Å². The predicted molar refractivity (Wildman–Crippen MR) is 77.1 cm³/mol. The van der Waals surface area contributed by atoms with Crippen LogP contribution in [0.5, 0.6) is 0 Å². The molecule has 0 saturated carbocycles. The van der Waals surface area contributed by atoms with E-state index in [-0.39, 0.29) is 0 Å². The number of fused-ring (bicyclic) bond motifs is 1. The third-order valence-corrected chi connectivity index (χ3v) is 4.60. The first-order chi connectivity index (χ1) is 9.24. The molecule has 2 heterocycles. The topological polar surface area (TPSA) is 40.5 Å². The van der Waals surface area contributed by atoms with Crippen molar-refractivity contribution in [1.82, 2.24) is 0 Å². The van der Waals surface area contributed by atoms with Gasteiger partial charge in [0.05, 0.1) is 5.00 Å². The second-order valence-corrected chi connectivity index (χ2v) is 5.79. The van der Waals surface area contributed by atoms with Crippen molar-refractivity contribution in [2.75, 3.05) is 11.4 Å². The molecule has 0 atom stereocenters. The molecule has 0 bridgehead atoms. The van der Waals surface area contributed by atoms with Crippen molar-refractivity contribution in [2.45, 2.75) is 19.4 Å². The van der Waals surface area contributed by atoms with Crippen LogP contribution in [0.4, 0.5) is 5.00 Å². The number of aromatic carboxylic acids is 1. The van der Waals surface area contributed by atoms with Crippen LogP contribution < -0.4 is 4.90 Å². The first kappa shape index (κ1) is 12.2. The lowest BCUT2D eigenvalue weighted by Gasteiger charge is -2.28. The van der Waals surface area contributed by atoms with E-state index >= 15 is 0 Å². The molecule has 98 valence electrons. The van der Waals surface area contributed by atoms with E-state index in [2.05, 4.69) is 17.0 Å². The highest BCUT2D eigenvalue weighted by Crippen LogP contribution is 2.36. The number of aryl methyl sites for hydroxylation is 1. The molecular weight excluding hydrogens is 258 g/mol. The molecule has 3 rings (SSSR count). The van der Waals surface area contributed by atoms with Gasteiger partial charge in [-0.2, -0.15) is 0 Å². The minimum Gasteiger partial charge on any atom is -0.477 e. The van der Waals surface area contributed by atoms with E-state index in [0.717, 1.165) is 30.9 Å². The molecule has 0 radical (unpaired) electrons. The van der Waals surface area contributed by atoms with Crippen LogP contribution in [-0.4, -0.2) is 17.6 Å². The summed E-state index contributed by atoms with van der Waals surface area (Å²) in [6.45, 7) is 1.86. The summed E-state index contributed by atoms with van der Waals surface area (Å²) in [5, 5.41) is 10.2. The van der Waals surface area contributed by atoms with Crippen molar-refractivity contribution in [3.8, 4) is 0 Å². The van der Waals surface area contributed by atoms with E-state index in [1.165, 1.54) is 22.5 Å². The molecule has 0 aliphatic carbocycles. The lowest BCUT2D eigenvalue weighted by Crippen LogP contribution is -2.27. The molecule has 1 N–H and O–H groups in total. The molecule has 0 fully saturated rings. The van der Waals surface area contributed by atoms with Gasteiger partial charge in [-0.15, -0.1) is 11.3 Å². The van der Waals surface area contributed by atoms with Crippen LogP contribution in [0.25, 0.3) is 0 Å². The minimum absolute atomic E-state index is 0.449. The van der Waals surface area contributed by atoms with Crippen molar-refractivity contribution in [3.63, 3.8) is 0 Å². The normalized spacial score (nSPS) is 14.2. The fourth-order valence-corrected chi connectivity index (χ4v) is 3.56. The standard InChI is InChI=1S/C15H15NO2S/c17-15(18)13-9-12-7-4-8-16(14(12)19-13)10-11-5-2-1-3-6-11/h1-3,5-6,9H,4,7-8,10H2,(H,17,18). The Labute approximate surface area is 116 Å². The van der Waals surface area contributed by atoms with Gasteiger partial charge in [-0.3, -0.25) is 0 Å². The molecule has 1 aromatic carbocycles. The number of benzene rings is 1. The van der Waals surface area contributed by atoms with Crippen LogP contribution in [0.1, 0.15) is 27.2 Å². The zero-order valence-corrected chi connectivity index (χ0v) is 11.3. The fourth-order valence-electron chi connectivity index (χ4n) is 2.49. The second kappa shape index (κ2) is 5.05. The van der Waals surface area contributed by atoms with Crippen LogP contribution in [0.3, 0.4) is 0 Å². The molecule has 0 saturated heterocycles. The number of carbonyl (C=O) groups is 1. The number of hydrogen-bond acceptors (Lipinski definition) is 3. The Morgan fingerprint density at radius 1 is 1.32 bits per heavy atom. The molecule has 3 nitrogen and oxygen atoms in total. The summed E-state index contributed by atoms with van der Waals surface area (Å²) in [6, 6.07) is 12.1. The number of anilines is 1. The van der Waals surface area contributed by atoms with Gasteiger partial charge in [-0.25, -0.2) is 4.79 Å². The number of carboxylic acid groups (broad SMARTS) is 1. The second-order valence-electron chi connectivity index (χ2n) is 4.76. The van der Waals surface area contributed by atoms with Crippen LogP contribution in [0.2, 0.25) is 0 Å². The van der Waals surface area contributed by atoms with Crippen molar-refractivity contribution in [2.24, 2.45) is 0 Å². The first-order valence-electron chi connectivity index (χ1n) is 6.39. The lowest BCUT2D eigenvalue weighted by atomic mass is 10.1. The summed E-state index contributed by atoms with van der Waals surface area (Å²) >= 11 is 1.40. The summed E-state index contributed by atoms with van der Waals surface area (Å²) in [6.07, 6.45) is 2.08. The average molecular weight is 273 g/mol. The maximum Gasteiger partial charge on any atom is 0.345 e. The number of carboxylic acids is 1. The minimum atomic E-state index is -0.820. The van der Waals surface area contributed by atoms with E-state index in [4.69, 9.17) is 5.11 Å². The van der Waals surface area contributed by atoms with E-state index in [1.807, 2.05) is 24.3 Å². The van der Waals surface area contributed by atoms with Crippen molar-refractivity contribution in [1.29, 1.82) is 0 Å². The predicted octanol–water partition coefficient (Wildman–Crippen LogP) is 3.40. The van der Waals surface area contributed by atoms with Crippen molar-refractivity contribution < 1.29 is 9.90 Å². The van der Waals surface area contributed by atoms with Gasteiger partial charge in [0.15, 0.2) is 0 Å². The Kier molecular flexibility index (Phi) is 3.25. The monoisotopic (exact) mass is 273 g/mol. The quantitative estimate of drug-likeness (QED) is 0.931. The summed E-state index contributed by atoms with van der Waals surface area (Å²) in [5.41, 5.74) is 2.45. The van der Waals surface area contributed by atoms with Crippen molar-refractivity contribution >= 4 is 22.3 Å². The van der Waals surface area contributed by atoms with Gasteiger partial charge in [0.25, 0.3) is 0 Å². The highest BCUT2D eigenvalue weighted by atomic mass is 32.1. The summed E-state index contributed by atoms with van der Waals surface area (Å²) in [4.78, 5) is 13.8. The van der Waals surface area contributed by atoms with Gasteiger partial charge >= 0.3 is 5.97 Å². The molecule has 1 aliphatic heterocycles. The molecule has 0 unspecified atom stereocenters.